The lowest BCUT2D eigenvalue weighted by molar-refractivity contribution is 0.331. The second-order valence-electron chi connectivity index (χ2n) is 5.55. The minimum Gasteiger partial charge on any atom is -0.494 e. The maximum Gasteiger partial charge on any atom is 0.247 e. The van der Waals surface area contributed by atoms with Crippen LogP contribution in [0.4, 0.5) is 4.39 Å². The first-order valence-corrected chi connectivity index (χ1v) is 9.92. The molecule has 142 valence electrons. The van der Waals surface area contributed by atoms with Crippen LogP contribution in [0.15, 0.2) is 52.9 Å². The van der Waals surface area contributed by atoms with Crippen LogP contribution in [-0.2, 0) is 16.6 Å². The first-order valence-electron chi connectivity index (χ1n) is 8.43. The summed E-state index contributed by atoms with van der Waals surface area (Å²) < 4.78 is 41.6. The molecule has 0 radical (unpaired) electrons. The van der Waals surface area contributed by atoms with Gasteiger partial charge in [0.2, 0.25) is 11.8 Å². The SMILES string of the molecule is CCOc1ccc(OCCS(=O)Cc2nnc(-c3ccc(F)cc3)o2)cc1. The van der Waals surface area contributed by atoms with Crippen LogP contribution in [0, 0.1) is 5.82 Å². The molecule has 0 fully saturated rings. The summed E-state index contributed by atoms with van der Waals surface area (Å²) in [6, 6.07) is 13.0. The van der Waals surface area contributed by atoms with Crippen LogP contribution in [0.3, 0.4) is 0 Å². The molecule has 1 aromatic heterocycles. The predicted molar refractivity (Wildman–Crippen MR) is 99.5 cm³/mol. The summed E-state index contributed by atoms with van der Waals surface area (Å²) in [6.45, 7) is 2.84. The number of benzene rings is 2. The molecule has 0 spiro atoms. The number of nitrogens with zero attached hydrogens (tertiary/aromatic N) is 2. The Kier molecular flexibility index (Phi) is 6.54. The molecule has 0 aliphatic heterocycles. The van der Waals surface area contributed by atoms with Crippen molar-refractivity contribution in [3.05, 3.63) is 60.2 Å². The highest BCUT2D eigenvalue weighted by molar-refractivity contribution is 7.84. The van der Waals surface area contributed by atoms with Crippen molar-refractivity contribution in [1.29, 1.82) is 0 Å². The van der Waals surface area contributed by atoms with Crippen LogP contribution in [0.1, 0.15) is 12.8 Å². The van der Waals surface area contributed by atoms with Crippen molar-refractivity contribution in [2.45, 2.75) is 12.7 Å². The van der Waals surface area contributed by atoms with Crippen LogP contribution >= 0.6 is 0 Å². The summed E-state index contributed by atoms with van der Waals surface area (Å²) in [5.41, 5.74) is 0.611. The normalized spacial score (nSPS) is 11.9. The summed E-state index contributed by atoms with van der Waals surface area (Å²) in [7, 11) is -1.20. The van der Waals surface area contributed by atoms with Gasteiger partial charge in [-0.25, -0.2) is 4.39 Å². The minimum absolute atomic E-state index is 0.140. The average molecular weight is 390 g/mol. The van der Waals surface area contributed by atoms with E-state index >= 15 is 0 Å². The molecule has 27 heavy (non-hydrogen) atoms. The Morgan fingerprint density at radius 1 is 1.00 bits per heavy atom. The fourth-order valence-corrected chi connectivity index (χ4v) is 3.09. The van der Waals surface area contributed by atoms with Crippen molar-refractivity contribution in [3.8, 4) is 23.0 Å². The van der Waals surface area contributed by atoms with Gasteiger partial charge >= 0.3 is 0 Å². The van der Waals surface area contributed by atoms with E-state index in [1.165, 1.54) is 12.1 Å². The fraction of sp³-hybridized carbons (Fsp3) is 0.263. The molecule has 0 bridgehead atoms. The van der Waals surface area contributed by atoms with Crippen molar-refractivity contribution in [3.63, 3.8) is 0 Å². The van der Waals surface area contributed by atoms with Crippen LogP contribution < -0.4 is 9.47 Å². The zero-order valence-electron chi connectivity index (χ0n) is 14.8. The molecule has 0 N–H and O–H groups in total. The van der Waals surface area contributed by atoms with E-state index in [0.29, 0.717) is 30.3 Å². The lowest BCUT2D eigenvalue weighted by Gasteiger charge is -2.07. The lowest BCUT2D eigenvalue weighted by Crippen LogP contribution is -2.10. The number of ether oxygens (including phenoxy) is 2. The van der Waals surface area contributed by atoms with Crippen molar-refractivity contribution in [2.24, 2.45) is 0 Å². The van der Waals surface area contributed by atoms with Crippen molar-refractivity contribution in [1.82, 2.24) is 10.2 Å². The van der Waals surface area contributed by atoms with Gasteiger partial charge in [0.1, 0.15) is 23.1 Å². The molecule has 3 aromatic rings. The highest BCUT2D eigenvalue weighted by Crippen LogP contribution is 2.19. The van der Waals surface area contributed by atoms with Crippen molar-refractivity contribution in [2.75, 3.05) is 19.0 Å². The van der Waals surface area contributed by atoms with Crippen LogP contribution in [0.25, 0.3) is 11.5 Å². The van der Waals surface area contributed by atoms with E-state index in [1.54, 1.807) is 24.3 Å². The Bertz CT molecular complexity index is 881. The Hall–Kier alpha value is -2.74. The quantitative estimate of drug-likeness (QED) is 0.556. The Morgan fingerprint density at radius 2 is 1.67 bits per heavy atom. The summed E-state index contributed by atoms with van der Waals surface area (Å²) >= 11 is 0. The molecule has 0 amide bonds. The molecule has 1 heterocycles. The third kappa shape index (κ3) is 5.62. The first kappa shape index (κ1) is 19.0. The maximum absolute atomic E-state index is 12.9. The van der Waals surface area contributed by atoms with E-state index in [0.717, 1.165) is 5.75 Å². The summed E-state index contributed by atoms with van der Waals surface area (Å²) in [5.74, 6) is 2.14. The summed E-state index contributed by atoms with van der Waals surface area (Å²) in [4.78, 5) is 0. The van der Waals surface area contributed by atoms with Gasteiger partial charge < -0.3 is 13.9 Å². The van der Waals surface area contributed by atoms with Gasteiger partial charge in [-0.15, -0.1) is 10.2 Å². The monoisotopic (exact) mass is 390 g/mol. The van der Waals surface area contributed by atoms with Crippen LogP contribution in [0.5, 0.6) is 11.5 Å². The molecule has 0 aliphatic carbocycles. The zero-order chi connectivity index (χ0) is 19.1. The number of hydrogen-bond acceptors (Lipinski definition) is 6. The Labute approximate surface area is 158 Å². The Morgan fingerprint density at radius 3 is 2.33 bits per heavy atom. The first-order chi connectivity index (χ1) is 13.1. The van der Waals surface area contributed by atoms with Gasteiger partial charge in [0, 0.05) is 16.4 Å². The van der Waals surface area contributed by atoms with Gasteiger partial charge in [-0.3, -0.25) is 4.21 Å². The number of hydrogen-bond donors (Lipinski definition) is 0. The zero-order valence-corrected chi connectivity index (χ0v) is 15.6. The van der Waals surface area contributed by atoms with Gasteiger partial charge in [0.15, 0.2) is 0 Å². The van der Waals surface area contributed by atoms with E-state index in [2.05, 4.69) is 10.2 Å². The third-order valence-corrected chi connectivity index (χ3v) is 4.75. The Balaban J connectivity index is 1.46. The van der Waals surface area contributed by atoms with Crippen LogP contribution in [-0.4, -0.2) is 33.4 Å². The summed E-state index contributed by atoms with van der Waals surface area (Å²) in [6.07, 6.45) is 0. The number of rotatable bonds is 9. The molecular weight excluding hydrogens is 371 g/mol. The van der Waals surface area contributed by atoms with Crippen LogP contribution in [0.2, 0.25) is 0 Å². The maximum atomic E-state index is 12.9. The smallest absolute Gasteiger partial charge is 0.247 e. The fourth-order valence-electron chi connectivity index (χ4n) is 2.28. The standard InChI is InChI=1S/C19H19FN2O4S/c1-2-24-16-7-9-17(10-8-16)25-11-12-27(23)13-18-21-22-19(26-18)14-3-5-15(20)6-4-14/h3-10H,2,11-13H2,1H3. The lowest BCUT2D eigenvalue weighted by atomic mass is 10.2. The van der Waals surface area contributed by atoms with Gasteiger partial charge in [0.25, 0.3) is 0 Å². The number of aromatic nitrogens is 2. The van der Waals surface area contributed by atoms with Crippen molar-refractivity contribution < 1.29 is 22.5 Å². The molecule has 8 heteroatoms. The van der Waals surface area contributed by atoms with Gasteiger partial charge in [-0.1, -0.05) is 0 Å². The molecule has 0 aliphatic rings. The number of halogens is 1. The van der Waals surface area contributed by atoms with E-state index in [9.17, 15) is 8.60 Å². The molecule has 2 aromatic carbocycles. The van der Waals surface area contributed by atoms with E-state index < -0.39 is 10.8 Å². The molecule has 0 saturated heterocycles. The molecule has 3 rings (SSSR count). The van der Waals surface area contributed by atoms with Gasteiger partial charge in [-0.2, -0.15) is 0 Å². The summed E-state index contributed by atoms with van der Waals surface area (Å²) in [5, 5.41) is 7.79. The van der Waals surface area contributed by atoms with Gasteiger partial charge in [-0.05, 0) is 55.5 Å². The topological polar surface area (TPSA) is 74.5 Å². The predicted octanol–water partition coefficient (Wildman–Crippen LogP) is 3.60. The molecule has 1 unspecified atom stereocenters. The molecule has 0 saturated carbocycles. The van der Waals surface area contributed by atoms with E-state index in [-0.39, 0.29) is 23.4 Å². The van der Waals surface area contributed by atoms with Gasteiger partial charge in [0.05, 0.1) is 19.0 Å². The third-order valence-electron chi connectivity index (χ3n) is 3.56. The van der Waals surface area contributed by atoms with E-state index in [1.807, 2.05) is 19.1 Å². The second kappa shape index (κ2) is 9.27. The van der Waals surface area contributed by atoms with Crippen molar-refractivity contribution >= 4 is 10.8 Å². The molecule has 1 atom stereocenters. The highest BCUT2D eigenvalue weighted by Gasteiger charge is 2.12. The molecule has 6 nitrogen and oxygen atoms in total. The molecular formula is C19H19FN2O4S. The highest BCUT2D eigenvalue weighted by atomic mass is 32.2. The average Bonchev–Trinajstić information content (AvgIpc) is 3.12. The largest absolute Gasteiger partial charge is 0.494 e. The minimum atomic E-state index is -1.20. The van der Waals surface area contributed by atoms with E-state index in [4.69, 9.17) is 13.9 Å². The second-order valence-corrected chi connectivity index (χ2v) is 7.13.